The van der Waals surface area contributed by atoms with Crippen molar-refractivity contribution in [1.29, 1.82) is 0 Å². The first-order valence-corrected chi connectivity index (χ1v) is 7.43. The summed E-state index contributed by atoms with van der Waals surface area (Å²) in [6, 6.07) is 4.54. The van der Waals surface area contributed by atoms with Gasteiger partial charge in [0.1, 0.15) is 24.4 Å². The molecule has 1 aromatic rings. The highest BCUT2D eigenvalue weighted by atomic mass is 16.7. The molecule has 1 heterocycles. The lowest BCUT2D eigenvalue weighted by Crippen LogP contribution is -2.60. The standard InChI is InChI=1S/C16H20O9/c1-23-10-6-8(3-5-12(18)19)2-4-9(10)24-16-15(22)14(21)13(20)11(7-17)25-16/h2-6,11,13-17,20-22H,7H2,1H3,(H,18,19)/t11-,13-,14+,15-,16-/m0/s1. The van der Waals surface area contributed by atoms with E-state index in [0.717, 1.165) is 6.08 Å². The molecule has 5 atom stereocenters. The molecule has 138 valence electrons. The van der Waals surface area contributed by atoms with Crippen molar-refractivity contribution in [2.45, 2.75) is 30.7 Å². The van der Waals surface area contributed by atoms with Gasteiger partial charge in [0.2, 0.25) is 6.29 Å². The Morgan fingerprint density at radius 3 is 2.52 bits per heavy atom. The fourth-order valence-corrected chi connectivity index (χ4v) is 2.34. The van der Waals surface area contributed by atoms with Gasteiger partial charge < -0.3 is 39.7 Å². The highest BCUT2D eigenvalue weighted by Crippen LogP contribution is 2.32. The second-order valence-corrected chi connectivity index (χ2v) is 5.40. The van der Waals surface area contributed by atoms with Crippen LogP contribution in [0.2, 0.25) is 0 Å². The summed E-state index contributed by atoms with van der Waals surface area (Å²) in [6.07, 6.45) is -4.69. The molecule has 1 saturated heterocycles. The average molecular weight is 356 g/mol. The minimum atomic E-state index is -1.56. The van der Waals surface area contributed by atoms with E-state index in [-0.39, 0.29) is 11.5 Å². The smallest absolute Gasteiger partial charge is 0.328 e. The summed E-state index contributed by atoms with van der Waals surface area (Å²) in [7, 11) is 1.38. The zero-order valence-corrected chi connectivity index (χ0v) is 13.3. The Kier molecular flexibility index (Phi) is 6.34. The lowest BCUT2D eigenvalue weighted by molar-refractivity contribution is -0.277. The van der Waals surface area contributed by atoms with Crippen molar-refractivity contribution < 1.29 is 44.5 Å². The molecule has 0 spiro atoms. The molecule has 5 N–H and O–H groups in total. The summed E-state index contributed by atoms with van der Waals surface area (Å²) in [4.78, 5) is 10.6. The summed E-state index contributed by atoms with van der Waals surface area (Å²) in [5, 5.41) is 47.3. The van der Waals surface area contributed by atoms with E-state index in [9.17, 15) is 25.2 Å². The van der Waals surface area contributed by atoms with Gasteiger partial charge >= 0.3 is 5.97 Å². The number of hydrogen-bond acceptors (Lipinski definition) is 8. The summed E-state index contributed by atoms with van der Waals surface area (Å²) in [6.45, 7) is -0.569. The molecule has 25 heavy (non-hydrogen) atoms. The number of carboxylic acids is 1. The SMILES string of the molecule is COc1cc(C=CC(=O)O)ccc1O[C@H]1O[C@@H](CO)[C@H](O)[C@@H](O)[C@@H]1O. The van der Waals surface area contributed by atoms with E-state index in [0.29, 0.717) is 5.56 Å². The first-order chi connectivity index (χ1) is 11.9. The molecule has 0 bridgehead atoms. The van der Waals surface area contributed by atoms with Crippen molar-refractivity contribution in [3.05, 3.63) is 29.8 Å². The third-order valence-electron chi connectivity index (χ3n) is 3.70. The van der Waals surface area contributed by atoms with E-state index < -0.39 is 43.3 Å². The number of carboxylic acid groups (broad SMARTS) is 1. The molecule has 1 aliphatic rings. The number of carbonyl (C=O) groups is 1. The van der Waals surface area contributed by atoms with Crippen molar-refractivity contribution >= 4 is 12.0 Å². The molecule has 0 saturated carbocycles. The molecular weight excluding hydrogens is 336 g/mol. The van der Waals surface area contributed by atoms with Crippen LogP contribution >= 0.6 is 0 Å². The molecule has 0 amide bonds. The quantitative estimate of drug-likeness (QED) is 0.404. The second kappa shape index (κ2) is 8.28. The minimum Gasteiger partial charge on any atom is -0.493 e. The Morgan fingerprint density at radius 1 is 1.20 bits per heavy atom. The van der Waals surface area contributed by atoms with Gasteiger partial charge in [-0.25, -0.2) is 4.79 Å². The zero-order chi connectivity index (χ0) is 18.6. The lowest BCUT2D eigenvalue weighted by atomic mass is 9.99. The summed E-state index contributed by atoms with van der Waals surface area (Å²) in [5.74, 6) is -0.690. The van der Waals surface area contributed by atoms with Crippen LogP contribution in [0.25, 0.3) is 6.08 Å². The Balaban J connectivity index is 2.19. The molecule has 0 aromatic heterocycles. The summed E-state index contributed by atoms with van der Waals surface area (Å²) in [5.41, 5.74) is 0.542. The van der Waals surface area contributed by atoms with Gasteiger partial charge in [-0.15, -0.1) is 0 Å². The van der Waals surface area contributed by atoms with Gasteiger partial charge in [0.25, 0.3) is 0 Å². The van der Waals surface area contributed by atoms with Crippen LogP contribution in [0, 0.1) is 0 Å². The molecule has 9 nitrogen and oxygen atoms in total. The van der Waals surface area contributed by atoms with Crippen LogP contribution in [0.3, 0.4) is 0 Å². The number of methoxy groups -OCH3 is 1. The van der Waals surface area contributed by atoms with Gasteiger partial charge in [0.05, 0.1) is 13.7 Å². The van der Waals surface area contributed by atoms with Crippen LogP contribution in [0.5, 0.6) is 11.5 Å². The van der Waals surface area contributed by atoms with Crippen molar-refractivity contribution in [3.8, 4) is 11.5 Å². The highest BCUT2D eigenvalue weighted by molar-refractivity contribution is 5.85. The molecule has 0 unspecified atom stereocenters. The number of hydrogen-bond donors (Lipinski definition) is 5. The van der Waals surface area contributed by atoms with Crippen LogP contribution in [0.1, 0.15) is 5.56 Å². The first kappa shape index (κ1) is 19.2. The van der Waals surface area contributed by atoms with E-state index in [4.69, 9.17) is 19.3 Å². The summed E-state index contributed by atoms with van der Waals surface area (Å²) < 4.78 is 15.9. The number of benzene rings is 1. The van der Waals surface area contributed by atoms with Gasteiger partial charge in [-0.1, -0.05) is 6.07 Å². The van der Waals surface area contributed by atoms with Crippen LogP contribution in [-0.4, -0.2) is 75.9 Å². The monoisotopic (exact) mass is 356 g/mol. The minimum absolute atomic E-state index is 0.166. The molecule has 1 fully saturated rings. The van der Waals surface area contributed by atoms with Crippen LogP contribution in [0.15, 0.2) is 24.3 Å². The summed E-state index contributed by atoms with van der Waals surface area (Å²) >= 11 is 0. The third kappa shape index (κ3) is 4.47. The van der Waals surface area contributed by atoms with Crippen molar-refractivity contribution in [1.82, 2.24) is 0 Å². The number of aliphatic hydroxyl groups is 4. The molecule has 0 aliphatic carbocycles. The van der Waals surface area contributed by atoms with Crippen molar-refractivity contribution in [2.75, 3.05) is 13.7 Å². The third-order valence-corrected chi connectivity index (χ3v) is 3.70. The van der Waals surface area contributed by atoms with Gasteiger partial charge in [-0.3, -0.25) is 0 Å². The molecule has 1 aromatic carbocycles. The molecule has 2 rings (SSSR count). The molecule has 0 radical (unpaired) electrons. The van der Waals surface area contributed by atoms with Crippen LogP contribution in [0.4, 0.5) is 0 Å². The first-order valence-electron chi connectivity index (χ1n) is 7.43. The maximum absolute atomic E-state index is 10.6. The predicted molar refractivity (Wildman–Crippen MR) is 84.1 cm³/mol. The van der Waals surface area contributed by atoms with Crippen LogP contribution < -0.4 is 9.47 Å². The lowest BCUT2D eigenvalue weighted by Gasteiger charge is -2.39. The van der Waals surface area contributed by atoms with Crippen molar-refractivity contribution in [2.24, 2.45) is 0 Å². The fraction of sp³-hybridized carbons (Fsp3) is 0.438. The maximum Gasteiger partial charge on any atom is 0.328 e. The average Bonchev–Trinajstić information content (AvgIpc) is 2.60. The normalized spacial score (nSPS) is 29.6. The van der Waals surface area contributed by atoms with Gasteiger partial charge in [0, 0.05) is 6.08 Å². The second-order valence-electron chi connectivity index (χ2n) is 5.40. The highest BCUT2D eigenvalue weighted by Gasteiger charge is 2.44. The number of aliphatic hydroxyl groups excluding tert-OH is 4. The molecular formula is C16H20O9. The van der Waals surface area contributed by atoms with E-state index in [2.05, 4.69) is 0 Å². The molecule has 9 heteroatoms. The van der Waals surface area contributed by atoms with Crippen LogP contribution in [-0.2, 0) is 9.53 Å². The van der Waals surface area contributed by atoms with Gasteiger partial charge in [-0.05, 0) is 23.8 Å². The predicted octanol–water partition coefficient (Wildman–Crippen LogP) is -1.03. The molecule has 1 aliphatic heterocycles. The Bertz CT molecular complexity index is 628. The number of aliphatic carboxylic acids is 1. The Hall–Kier alpha value is -2.17. The van der Waals surface area contributed by atoms with Gasteiger partial charge in [0.15, 0.2) is 11.5 Å². The van der Waals surface area contributed by atoms with E-state index >= 15 is 0 Å². The van der Waals surface area contributed by atoms with E-state index in [1.54, 1.807) is 6.07 Å². The zero-order valence-electron chi connectivity index (χ0n) is 13.3. The van der Waals surface area contributed by atoms with E-state index in [1.165, 1.54) is 25.3 Å². The fourth-order valence-electron chi connectivity index (χ4n) is 2.34. The maximum atomic E-state index is 10.6. The largest absolute Gasteiger partial charge is 0.493 e. The Labute approximate surface area is 143 Å². The number of rotatable bonds is 6. The van der Waals surface area contributed by atoms with Gasteiger partial charge in [-0.2, -0.15) is 0 Å². The topological polar surface area (TPSA) is 146 Å². The van der Waals surface area contributed by atoms with E-state index in [1.807, 2.05) is 0 Å². The number of ether oxygens (including phenoxy) is 3. The Morgan fingerprint density at radius 2 is 1.92 bits per heavy atom. The van der Waals surface area contributed by atoms with Crippen molar-refractivity contribution in [3.63, 3.8) is 0 Å².